The van der Waals surface area contributed by atoms with E-state index in [0.717, 1.165) is 50.9 Å². The molecule has 13 heteroatoms. The monoisotopic (exact) mass is 700 g/mol. The second-order valence-electron chi connectivity index (χ2n) is 12.8. The third-order valence-electron chi connectivity index (χ3n) is 9.97. The van der Waals surface area contributed by atoms with E-state index in [-0.39, 0.29) is 28.6 Å². The number of nitrogens with one attached hydrogen (secondary N) is 1. The summed E-state index contributed by atoms with van der Waals surface area (Å²) in [5, 5.41) is 17.5. The number of fused-ring (bicyclic) bond motifs is 2. The number of hydrogen-bond donors (Lipinski definition) is 2. The predicted octanol–water partition coefficient (Wildman–Crippen LogP) is 7.49. The van der Waals surface area contributed by atoms with Crippen molar-refractivity contribution in [1.82, 2.24) is 24.6 Å². The van der Waals surface area contributed by atoms with Crippen molar-refractivity contribution in [3.63, 3.8) is 0 Å². The summed E-state index contributed by atoms with van der Waals surface area (Å²) in [6.45, 7) is 3.31. The SMILES string of the molecule is COc1nc(-c2cccc(-c3cccc(Nc4nc(C(F)F)cc5cnn(C)c(=O)c45)c3C)c2Cl)cc2c1[C@H](N1CCC(C(=O)O)CC1)CC2. The Morgan fingerprint density at radius 2 is 1.78 bits per heavy atom. The minimum atomic E-state index is -2.84. The van der Waals surface area contributed by atoms with Gasteiger partial charge in [0.1, 0.15) is 11.5 Å². The van der Waals surface area contributed by atoms with Gasteiger partial charge in [0.15, 0.2) is 0 Å². The van der Waals surface area contributed by atoms with E-state index < -0.39 is 23.6 Å². The normalized spacial score (nSPS) is 16.6. The molecule has 1 atom stereocenters. The van der Waals surface area contributed by atoms with E-state index in [9.17, 15) is 23.5 Å². The minimum Gasteiger partial charge on any atom is -0.481 e. The lowest BCUT2D eigenvalue weighted by Crippen LogP contribution is -2.38. The number of likely N-dealkylation sites (tertiary alicyclic amines) is 1. The molecule has 0 radical (unpaired) electrons. The molecule has 1 saturated heterocycles. The molecule has 50 heavy (non-hydrogen) atoms. The number of carboxylic acid groups (broad SMARTS) is 1. The Balaban J connectivity index is 1.23. The van der Waals surface area contributed by atoms with Gasteiger partial charge in [0, 0.05) is 40.9 Å². The maximum atomic E-state index is 13.8. The van der Waals surface area contributed by atoms with Crippen LogP contribution in [-0.4, -0.2) is 55.9 Å². The van der Waals surface area contributed by atoms with Gasteiger partial charge in [0.25, 0.3) is 12.0 Å². The van der Waals surface area contributed by atoms with Gasteiger partial charge in [-0.25, -0.2) is 23.4 Å². The number of ether oxygens (including phenoxy) is 1. The van der Waals surface area contributed by atoms with E-state index in [1.165, 1.54) is 19.3 Å². The molecule has 2 aromatic carbocycles. The summed E-state index contributed by atoms with van der Waals surface area (Å²) in [6.07, 6.45) is 1.51. The van der Waals surface area contributed by atoms with Crippen LogP contribution < -0.4 is 15.6 Å². The first kappa shape index (κ1) is 33.6. The van der Waals surface area contributed by atoms with Crippen LogP contribution in [-0.2, 0) is 18.3 Å². The number of carboxylic acids is 1. The molecular formula is C37H35ClF2N6O4. The standard InChI is InChI=1S/C37H35ClF2N6O4/c1-19-23(6-5-9-26(19)42-34-31-22(17-28(43-34)33(39)40)18-41-45(2)36(31)47)24-7-4-8-25(32(24)38)27-16-21-10-11-29(30(21)35(44-27)50-3)46-14-12-20(13-15-46)37(48)49/h4-9,16-18,20,29,33H,10-15H2,1-3H3,(H,42,43)(H,48,49)/t29-/m1/s1. The van der Waals surface area contributed by atoms with Gasteiger partial charge in [-0.3, -0.25) is 14.5 Å². The molecule has 7 rings (SSSR count). The van der Waals surface area contributed by atoms with Crippen molar-refractivity contribution in [2.24, 2.45) is 13.0 Å². The summed E-state index contributed by atoms with van der Waals surface area (Å²) in [4.78, 5) is 35.9. The highest BCUT2D eigenvalue weighted by atomic mass is 35.5. The first-order valence-corrected chi connectivity index (χ1v) is 16.8. The van der Waals surface area contributed by atoms with Gasteiger partial charge in [-0.1, -0.05) is 41.9 Å². The van der Waals surface area contributed by atoms with Gasteiger partial charge in [0.2, 0.25) is 5.88 Å². The largest absolute Gasteiger partial charge is 0.481 e. The number of piperidine rings is 1. The molecule has 258 valence electrons. The number of carbonyl (C=O) groups is 1. The van der Waals surface area contributed by atoms with Crippen molar-refractivity contribution < 1.29 is 23.4 Å². The fraction of sp³-hybridized carbons (Fsp3) is 0.324. The van der Waals surface area contributed by atoms with Crippen LogP contribution in [0.15, 0.2) is 59.5 Å². The van der Waals surface area contributed by atoms with E-state index in [1.807, 2.05) is 37.3 Å². The third kappa shape index (κ3) is 5.96. The number of hydrogen-bond acceptors (Lipinski definition) is 8. The molecule has 2 N–H and O–H groups in total. The zero-order valence-corrected chi connectivity index (χ0v) is 28.5. The second kappa shape index (κ2) is 13.4. The number of methoxy groups -OCH3 is 1. The van der Waals surface area contributed by atoms with Crippen LogP contribution in [0.3, 0.4) is 0 Å². The van der Waals surface area contributed by atoms with Gasteiger partial charge in [-0.05, 0) is 80.6 Å². The van der Waals surface area contributed by atoms with Crippen LogP contribution in [0.25, 0.3) is 33.2 Å². The average Bonchev–Trinajstić information content (AvgIpc) is 3.54. The molecule has 4 heterocycles. The van der Waals surface area contributed by atoms with Crippen molar-refractivity contribution in [3.8, 4) is 28.3 Å². The molecule has 1 aliphatic carbocycles. The highest BCUT2D eigenvalue weighted by molar-refractivity contribution is 6.36. The van der Waals surface area contributed by atoms with E-state index in [0.29, 0.717) is 48.2 Å². The molecule has 1 aliphatic heterocycles. The number of nitrogens with zero attached hydrogens (tertiary/aromatic N) is 5. The van der Waals surface area contributed by atoms with Crippen molar-refractivity contribution in [2.45, 2.75) is 45.1 Å². The minimum absolute atomic E-state index is 0.0138. The second-order valence-corrected chi connectivity index (χ2v) is 13.2. The lowest BCUT2D eigenvalue weighted by molar-refractivity contribution is -0.143. The Labute approximate surface area is 291 Å². The van der Waals surface area contributed by atoms with Crippen molar-refractivity contribution in [1.29, 1.82) is 0 Å². The topological polar surface area (TPSA) is 122 Å². The summed E-state index contributed by atoms with van der Waals surface area (Å²) in [7, 11) is 3.10. The maximum Gasteiger partial charge on any atom is 0.306 e. The summed E-state index contributed by atoms with van der Waals surface area (Å²) in [6, 6.07) is 14.6. The predicted molar refractivity (Wildman–Crippen MR) is 187 cm³/mol. The molecule has 10 nitrogen and oxygen atoms in total. The fourth-order valence-electron chi connectivity index (χ4n) is 7.30. The molecule has 5 aromatic rings. The van der Waals surface area contributed by atoms with Crippen LogP contribution in [0.5, 0.6) is 5.88 Å². The number of alkyl halides is 2. The van der Waals surface area contributed by atoms with Crippen LogP contribution in [0, 0.1) is 12.8 Å². The number of anilines is 2. The Hall–Kier alpha value is -4.94. The lowest BCUT2D eigenvalue weighted by Gasteiger charge is -2.35. The van der Waals surface area contributed by atoms with Gasteiger partial charge in [0.05, 0.1) is 35.3 Å². The molecule has 0 unspecified atom stereocenters. The van der Waals surface area contributed by atoms with Gasteiger partial charge in [-0.2, -0.15) is 5.10 Å². The summed E-state index contributed by atoms with van der Waals surface area (Å²) in [5.74, 6) is -0.479. The highest BCUT2D eigenvalue weighted by Crippen LogP contribution is 2.45. The van der Waals surface area contributed by atoms with Crippen LogP contribution in [0.4, 0.5) is 20.3 Å². The third-order valence-corrected chi connectivity index (χ3v) is 10.4. The zero-order chi connectivity index (χ0) is 35.3. The van der Waals surface area contributed by atoms with Crippen molar-refractivity contribution >= 4 is 39.8 Å². The van der Waals surface area contributed by atoms with Crippen LogP contribution in [0.2, 0.25) is 5.02 Å². The Kier molecular flexibility index (Phi) is 9.00. The smallest absolute Gasteiger partial charge is 0.306 e. The van der Waals surface area contributed by atoms with Crippen LogP contribution >= 0.6 is 11.6 Å². The first-order valence-electron chi connectivity index (χ1n) is 16.4. The molecule has 3 aromatic heterocycles. The van der Waals surface area contributed by atoms with E-state index >= 15 is 0 Å². The number of rotatable bonds is 8. The molecule has 0 amide bonds. The zero-order valence-electron chi connectivity index (χ0n) is 27.7. The van der Waals surface area contributed by atoms with E-state index in [1.54, 1.807) is 13.2 Å². The molecule has 0 spiro atoms. The number of aromatic nitrogens is 4. The van der Waals surface area contributed by atoms with E-state index in [4.69, 9.17) is 21.3 Å². The number of pyridine rings is 2. The number of aryl methyl sites for hydroxylation is 2. The van der Waals surface area contributed by atoms with Crippen molar-refractivity contribution in [2.75, 3.05) is 25.5 Å². The number of aliphatic carboxylic acids is 1. The van der Waals surface area contributed by atoms with Gasteiger partial charge >= 0.3 is 5.97 Å². The maximum absolute atomic E-state index is 13.8. The van der Waals surface area contributed by atoms with Crippen molar-refractivity contribution in [3.05, 3.63) is 92.5 Å². The Morgan fingerprint density at radius 1 is 1.06 bits per heavy atom. The Bertz CT molecular complexity index is 2200. The summed E-state index contributed by atoms with van der Waals surface area (Å²) in [5.41, 5.74) is 5.52. The van der Waals surface area contributed by atoms with Crippen LogP contribution in [0.1, 0.15) is 54.1 Å². The average molecular weight is 701 g/mol. The summed E-state index contributed by atoms with van der Waals surface area (Å²) >= 11 is 7.17. The number of halogens is 3. The quantitative estimate of drug-likeness (QED) is 0.170. The molecule has 0 saturated carbocycles. The first-order chi connectivity index (χ1) is 24.0. The highest BCUT2D eigenvalue weighted by Gasteiger charge is 2.36. The summed E-state index contributed by atoms with van der Waals surface area (Å²) < 4.78 is 34.6. The fourth-order valence-corrected chi connectivity index (χ4v) is 7.63. The Morgan fingerprint density at radius 3 is 2.50 bits per heavy atom. The van der Waals surface area contributed by atoms with Gasteiger partial charge < -0.3 is 15.2 Å². The molecular weight excluding hydrogens is 666 g/mol. The van der Waals surface area contributed by atoms with E-state index in [2.05, 4.69) is 26.4 Å². The number of benzene rings is 2. The molecule has 1 fully saturated rings. The molecule has 2 aliphatic rings. The van der Waals surface area contributed by atoms with Gasteiger partial charge in [-0.15, -0.1) is 0 Å². The lowest BCUT2D eigenvalue weighted by atomic mass is 9.94. The molecule has 0 bridgehead atoms.